The fraction of sp³-hybridized carbons (Fsp3) is 0.429. The third-order valence-corrected chi connectivity index (χ3v) is 6.37. The van der Waals surface area contributed by atoms with Crippen LogP contribution in [0.25, 0.3) is 0 Å². The highest BCUT2D eigenvalue weighted by Crippen LogP contribution is 2.20. The lowest BCUT2D eigenvalue weighted by Gasteiger charge is -2.25. The molecule has 16 heavy (non-hydrogen) atoms. The van der Waals surface area contributed by atoms with Crippen LogP contribution in [0.5, 0.6) is 0 Å². The SMILES string of the molecule is CC/C=C(\CO)[Si](C)(C)Cc1ccccc1. The minimum absolute atomic E-state index is 0.222. The Morgan fingerprint density at radius 2 is 1.88 bits per heavy atom. The van der Waals surface area contributed by atoms with Gasteiger partial charge in [-0.3, -0.25) is 0 Å². The van der Waals surface area contributed by atoms with Crippen molar-refractivity contribution in [2.75, 3.05) is 6.61 Å². The highest BCUT2D eigenvalue weighted by molar-refractivity contribution is 6.83. The van der Waals surface area contributed by atoms with Crippen molar-refractivity contribution in [1.82, 2.24) is 0 Å². The lowest BCUT2D eigenvalue weighted by Crippen LogP contribution is -2.34. The predicted octanol–water partition coefficient (Wildman–Crippen LogP) is 3.34. The van der Waals surface area contributed by atoms with E-state index in [0.29, 0.717) is 0 Å². The monoisotopic (exact) mass is 234 g/mol. The van der Waals surface area contributed by atoms with E-state index in [-0.39, 0.29) is 6.61 Å². The van der Waals surface area contributed by atoms with Gasteiger partial charge in [-0.15, -0.1) is 0 Å². The molecule has 0 amide bonds. The largest absolute Gasteiger partial charge is 0.392 e. The molecule has 0 bridgehead atoms. The van der Waals surface area contributed by atoms with Gasteiger partial charge in [0.2, 0.25) is 0 Å². The molecule has 1 nitrogen and oxygen atoms in total. The van der Waals surface area contributed by atoms with Crippen LogP contribution in [0, 0.1) is 0 Å². The summed E-state index contributed by atoms with van der Waals surface area (Å²) in [5, 5.41) is 10.7. The van der Waals surface area contributed by atoms with Crippen LogP contribution >= 0.6 is 0 Å². The average Bonchev–Trinajstić information content (AvgIpc) is 2.26. The zero-order valence-electron chi connectivity index (χ0n) is 10.5. The lowest BCUT2D eigenvalue weighted by atomic mass is 10.2. The molecule has 0 saturated heterocycles. The van der Waals surface area contributed by atoms with Gasteiger partial charge in [0.25, 0.3) is 0 Å². The Morgan fingerprint density at radius 1 is 1.25 bits per heavy atom. The van der Waals surface area contributed by atoms with Gasteiger partial charge < -0.3 is 5.11 Å². The number of hydrogen-bond donors (Lipinski definition) is 1. The molecule has 0 saturated carbocycles. The van der Waals surface area contributed by atoms with Crippen molar-refractivity contribution in [2.24, 2.45) is 0 Å². The van der Waals surface area contributed by atoms with Crippen LogP contribution in [-0.2, 0) is 6.04 Å². The van der Waals surface area contributed by atoms with Crippen molar-refractivity contribution in [3.63, 3.8) is 0 Å². The van der Waals surface area contributed by atoms with Crippen LogP contribution in [0.2, 0.25) is 13.1 Å². The maximum absolute atomic E-state index is 9.44. The maximum atomic E-state index is 9.44. The molecule has 0 radical (unpaired) electrons. The van der Waals surface area contributed by atoms with Gasteiger partial charge in [-0.1, -0.05) is 67.2 Å². The summed E-state index contributed by atoms with van der Waals surface area (Å²) in [5.74, 6) is 0. The van der Waals surface area contributed by atoms with Gasteiger partial charge >= 0.3 is 0 Å². The van der Waals surface area contributed by atoms with E-state index in [1.165, 1.54) is 10.8 Å². The Morgan fingerprint density at radius 3 is 2.38 bits per heavy atom. The standard InChI is InChI=1S/C14H22OSi/c1-4-8-14(11-15)16(2,3)12-13-9-6-5-7-10-13/h5-10,15H,4,11-12H2,1-3H3/b14-8+. The van der Waals surface area contributed by atoms with Gasteiger partial charge in [0.15, 0.2) is 0 Å². The topological polar surface area (TPSA) is 20.2 Å². The first kappa shape index (κ1) is 13.2. The summed E-state index contributed by atoms with van der Waals surface area (Å²) in [6.07, 6.45) is 3.22. The molecule has 0 aliphatic rings. The molecule has 1 N–H and O–H groups in total. The van der Waals surface area contributed by atoms with Gasteiger partial charge in [-0.2, -0.15) is 0 Å². The molecule has 1 aromatic carbocycles. The van der Waals surface area contributed by atoms with Gasteiger partial charge in [0.05, 0.1) is 14.7 Å². The van der Waals surface area contributed by atoms with Gasteiger partial charge in [-0.05, 0) is 12.5 Å². The third-order valence-electron chi connectivity index (χ3n) is 2.98. The van der Waals surface area contributed by atoms with Gasteiger partial charge in [0.1, 0.15) is 0 Å². The molecule has 88 valence electrons. The number of aliphatic hydroxyl groups is 1. The van der Waals surface area contributed by atoms with Crippen molar-refractivity contribution in [2.45, 2.75) is 32.5 Å². The van der Waals surface area contributed by atoms with E-state index >= 15 is 0 Å². The molecule has 0 atom stereocenters. The number of hydrogen-bond acceptors (Lipinski definition) is 1. The van der Waals surface area contributed by atoms with Crippen molar-refractivity contribution in [3.8, 4) is 0 Å². The summed E-state index contributed by atoms with van der Waals surface area (Å²) in [7, 11) is -1.48. The summed E-state index contributed by atoms with van der Waals surface area (Å²) >= 11 is 0. The van der Waals surface area contributed by atoms with E-state index in [9.17, 15) is 5.11 Å². The molecule has 0 aliphatic carbocycles. The molecular weight excluding hydrogens is 212 g/mol. The Balaban J connectivity index is 2.82. The molecule has 1 rings (SSSR count). The molecule has 0 aliphatic heterocycles. The molecule has 1 aromatic rings. The van der Waals surface area contributed by atoms with Crippen LogP contribution in [0.4, 0.5) is 0 Å². The van der Waals surface area contributed by atoms with E-state index < -0.39 is 8.07 Å². The normalized spacial score (nSPS) is 12.9. The van der Waals surface area contributed by atoms with Crippen LogP contribution in [0.1, 0.15) is 18.9 Å². The lowest BCUT2D eigenvalue weighted by molar-refractivity contribution is 0.337. The number of rotatable bonds is 5. The molecular formula is C14H22OSi. The smallest absolute Gasteiger partial charge is 0.0823 e. The first-order valence-electron chi connectivity index (χ1n) is 5.94. The number of allylic oxidation sites excluding steroid dienone is 1. The van der Waals surface area contributed by atoms with Crippen LogP contribution in [0.15, 0.2) is 41.6 Å². The quantitative estimate of drug-likeness (QED) is 0.775. The van der Waals surface area contributed by atoms with E-state index in [1.807, 2.05) is 6.07 Å². The summed E-state index contributed by atoms with van der Waals surface area (Å²) in [6.45, 7) is 7.01. The highest BCUT2D eigenvalue weighted by Gasteiger charge is 2.25. The van der Waals surface area contributed by atoms with E-state index in [2.05, 4.69) is 50.4 Å². The summed E-state index contributed by atoms with van der Waals surface area (Å²) in [4.78, 5) is 0. The Kier molecular flexibility index (Phi) is 4.96. The second-order valence-corrected chi connectivity index (χ2v) is 9.61. The predicted molar refractivity (Wildman–Crippen MR) is 73.1 cm³/mol. The average molecular weight is 234 g/mol. The number of benzene rings is 1. The molecule has 0 fully saturated rings. The highest BCUT2D eigenvalue weighted by atomic mass is 28.3. The molecule has 2 heteroatoms. The number of aliphatic hydroxyl groups excluding tert-OH is 1. The second kappa shape index (κ2) is 6.02. The van der Waals surface area contributed by atoms with Crippen molar-refractivity contribution < 1.29 is 5.11 Å². The summed E-state index contributed by atoms with van der Waals surface area (Å²) < 4.78 is 0. The van der Waals surface area contributed by atoms with Crippen molar-refractivity contribution >= 4 is 8.07 Å². The molecule has 0 aromatic heterocycles. The molecule has 0 heterocycles. The summed E-state index contributed by atoms with van der Waals surface area (Å²) in [5.41, 5.74) is 1.38. The fourth-order valence-corrected chi connectivity index (χ4v) is 4.69. The first-order valence-corrected chi connectivity index (χ1v) is 9.15. The summed E-state index contributed by atoms with van der Waals surface area (Å²) in [6, 6.07) is 11.7. The first-order chi connectivity index (χ1) is 7.60. The van der Waals surface area contributed by atoms with Gasteiger partial charge in [0, 0.05) is 0 Å². The Bertz CT molecular complexity index is 341. The van der Waals surface area contributed by atoms with Crippen LogP contribution < -0.4 is 0 Å². The van der Waals surface area contributed by atoms with E-state index in [1.54, 1.807) is 0 Å². The van der Waals surface area contributed by atoms with Crippen molar-refractivity contribution in [3.05, 3.63) is 47.2 Å². The Labute approximate surface area is 99.8 Å². The fourth-order valence-electron chi connectivity index (χ4n) is 2.02. The minimum atomic E-state index is -1.48. The van der Waals surface area contributed by atoms with E-state index in [4.69, 9.17) is 0 Å². The van der Waals surface area contributed by atoms with Gasteiger partial charge in [-0.25, -0.2) is 0 Å². The molecule has 0 spiro atoms. The zero-order chi connectivity index (χ0) is 12.0. The van der Waals surface area contributed by atoms with Crippen LogP contribution in [-0.4, -0.2) is 19.8 Å². The van der Waals surface area contributed by atoms with E-state index in [0.717, 1.165) is 12.5 Å². The molecule has 0 unspecified atom stereocenters. The van der Waals surface area contributed by atoms with Crippen LogP contribution in [0.3, 0.4) is 0 Å². The maximum Gasteiger partial charge on any atom is 0.0823 e. The second-order valence-electron chi connectivity index (χ2n) is 4.84. The zero-order valence-corrected chi connectivity index (χ0v) is 11.5. The Hall–Kier alpha value is -0.863. The minimum Gasteiger partial charge on any atom is -0.392 e. The van der Waals surface area contributed by atoms with Crippen molar-refractivity contribution in [1.29, 1.82) is 0 Å². The third kappa shape index (κ3) is 3.61.